The number of hydrogen-bond acceptors (Lipinski definition) is 3. The predicted octanol–water partition coefficient (Wildman–Crippen LogP) is 4.88. The van der Waals surface area contributed by atoms with Crippen LogP contribution >= 0.6 is 22.9 Å². The Labute approximate surface area is 143 Å². The number of thiophene rings is 1. The van der Waals surface area contributed by atoms with Crippen molar-refractivity contribution in [3.8, 4) is 0 Å². The van der Waals surface area contributed by atoms with Crippen LogP contribution in [0.1, 0.15) is 27.7 Å². The number of rotatable bonds is 4. The fourth-order valence-electron chi connectivity index (χ4n) is 2.22. The monoisotopic (exact) mass is 342 g/mol. The number of hydrazone groups is 1. The molecule has 0 bridgehead atoms. The second-order valence-electron chi connectivity index (χ2n) is 5.04. The van der Waals surface area contributed by atoms with E-state index in [1.54, 1.807) is 6.21 Å². The zero-order valence-corrected chi connectivity index (χ0v) is 14.1. The van der Waals surface area contributed by atoms with E-state index in [9.17, 15) is 4.79 Å². The molecule has 0 saturated carbocycles. The van der Waals surface area contributed by atoms with Crippen LogP contribution < -0.4 is 5.43 Å². The highest BCUT2D eigenvalue weighted by molar-refractivity contribution is 7.21. The summed E-state index contributed by atoms with van der Waals surface area (Å²) in [6, 6.07) is 15.7. The topological polar surface area (TPSA) is 41.5 Å². The fraction of sp³-hybridized carbons (Fsp3) is 0.111. The molecule has 3 aromatic rings. The van der Waals surface area contributed by atoms with Gasteiger partial charge in [0.1, 0.15) is 4.88 Å². The molecule has 3 rings (SSSR count). The van der Waals surface area contributed by atoms with Gasteiger partial charge in [-0.1, -0.05) is 61.0 Å². The van der Waals surface area contributed by atoms with E-state index in [1.165, 1.54) is 16.9 Å². The van der Waals surface area contributed by atoms with Crippen LogP contribution in [0.5, 0.6) is 0 Å². The Kier molecular flexibility index (Phi) is 4.74. The highest BCUT2D eigenvalue weighted by atomic mass is 35.5. The van der Waals surface area contributed by atoms with E-state index in [2.05, 4.69) is 17.5 Å². The van der Waals surface area contributed by atoms with Gasteiger partial charge in [0, 0.05) is 10.1 Å². The van der Waals surface area contributed by atoms with Crippen LogP contribution in [0.15, 0.2) is 53.6 Å². The van der Waals surface area contributed by atoms with E-state index < -0.39 is 0 Å². The molecule has 0 aliphatic carbocycles. The lowest BCUT2D eigenvalue weighted by Crippen LogP contribution is -2.16. The minimum Gasteiger partial charge on any atom is -0.266 e. The van der Waals surface area contributed by atoms with Gasteiger partial charge in [-0.3, -0.25) is 4.79 Å². The highest BCUT2D eigenvalue weighted by Crippen LogP contribution is 2.34. The average molecular weight is 343 g/mol. The van der Waals surface area contributed by atoms with Gasteiger partial charge in [-0.25, -0.2) is 5.43 Å². The van der Waals surface area contributed by atoms with Crippen molar-refractivity contribution in [3.63, 3.8) is 0 Å². The molecule has 0 atom stereocenters. The van der Waals surface area contributed by atoms with Gasteiger partial charge in [-0.2, -0.15) is 5.10 Å². The Morgan fingerprint density at radius 3 is 2.65 bits per heavy atom. The third-order valence-electron chi connectivity index (χ3n) is 3.51. The van der Waals surface area contributed by atoms with E-state index in [4.69, 9.17) is 11.6 Å². The van der Waals surface area contributed by atoms with E-state index in [-0.39, 0.29) is 5.91 Å². The summed E-state index contributed by atoms with van der Waals surface area (Å²) in [5.41, 5.74) is 4.74. The summed E-state index contributed by atoms with van der Waals surface area (Å²) in [4.78, 5) is 12.7. The first kappa shape index (κ1) is 15.7. The molecule has 5 heteroatoms. The largest absolute Gasteiger partial charge is 0.283 e. The van der Waals surface area contributed by atoms with Crippen molar-refractivity contribution in [2.45, 2.75) is 13.3 Å². The minimum absolute atomic E-state index is 0.294. The SMILES string of the molecule is CCc1ccc(/C=N/NC(=O)c2sc3ccccc3c2Cl)cc1. The second kappa shape index (κ2) is 6.94. The third kappa shape index (κ3) is 3.44. The molecule has 0 unspecified atom stereocenters. The molecular formula is C18H15ClN2OS. The molecule has 2 aromatic carbocycles. The smallest absolute Gasteiger partial charge is 0.266 e. The normalized spacial score (nSPS) is 11.2. The Balaban J connectivity index is 1.72. The number of carbonyl (C=O) groups is 1. The molecule has 0 aliphatic heterocycles. The first-order valence-corrected chi connectivity index (χ1v) is 8.48. The number of carbonyl (C=O) groups excluding carboxylic acids is 1. The summed E-state index contributed by atoms with van der Waals surface area (Å²) in [6.45, 7) is 2.11. The highest BCUT2D eigenvalue weighted by Gasteiger charge is 2.16. The summed E-state index contributed by atoms with van der Waals surface area (Å²) in [5, 5.41) is 5.38. The van der Waals surface area contributed by atoms with Gasteiger partial charge < -0.3 is 0 Å². The van der Waals surface area contributed by atoms with Crippen LogP contribution in [0.25, 0.3) is 10.1 Å². The van der Waals surface area contributed by atoms with Gasteiger partial charge in [-0.15, -0.1) is 11.3 Å². The van der Waals surface area contributed by atoms with Crippen molar-refractivity contribution in [1.29, 1.82) is 0 Å². The van der Waals surface area contributed by atoms with E-state index in [1.807, 2.05) is 48.5 Å². The Morgan fingerprint density at radius 1 is 1.22 bits per heavy atom. The van der Waals surface area contributed by atoms with Crippen molar-refractivity contribution in [3.05, 3.63) is 69.6 Å². The summed E-state index contributed by atoms with van der Waals surface area (Å²) in [5.74, 6) is -0.294. The number of aryl methyl sites for hydroxylation is 1. The summed E-state index contributed by atoms with van der Waals surface area (Å²) >= 11 is 7.64. The molecule has 0 saturated heterocycles. The lowest BCUT2D eigenvalue weighted by molar-refractivity contribution is 0.0959. The maximum Gasteiger partial charge on any atom is 0.283 e. The molecular weight excluding hydrogens is 328 g/mol. The van der Waals surface area contributed by atoms with Gasteiger partial charge in [-0.05, 0) is 23.6 Å². The molecule has 0 aliphatic rings. The second-order valence-corrected chi connectivity index (χ2v) is 6.47. The van der Waals surface area contributed by atoms with Crippen molar-refractivity contribution in [2.24, 2.45) is 5.10 Å². The number of amides is 1. The van der Waals surface area contributed by atoms with Gasteiger partial charge in [0.05, 0.1) is 11.2 Å². The summed E-state index contributed by atoms with van der Waals surface area (Å²) in [7, 11) is 0. The maximum atomic E-state index is 12.2. The van der Waals surface area contributed by atoms with Gasteiger partial charge in [0.15, 0.2) is 0 Å². The number of nitrogens with zero attached hydrogens (tertiary/aromatic N) is 1. The Bertz CT molecular complexity index is 868. The third-order valence-corrected chi connectivity index (χ3v) is 5.18. The number of fused-ring (bicyclic) bond motifs is 1. The molecule has 3 nitrogen and oxygen atoms in total. The standard InChI is InChI=1S/C18H15ClN2OS/c1-2-12-7-9-13(10-8-12)11-20-21-18(22)17-16(19)14-5-3-4-6-15(14)23-17/h3-11H,2H2,1H3,(H,21,22)/b20-11+. The van der Waals surface area contributed by atoms with Gasteiger partial charge in [0.25, 0.3) is 5.91 Å². The molecule has 1 heterocycles. The van der Waals surface area contributed by atoms with Crippen LogP contribution in [-0.4, -0.2) is 12.1 Å². The van der Waals surface area contributed by atoms with Crippen molar-refractivity contribution in [1.82, 2.24) is 5.43 Å². The van der Waals surface area contributed by atoms with E-state index in [0.29, 0.717) is 9.90 Å². The molecule has 0 spiro atoms. The molecule has 0 radical (unpaired) electrons. The lowest BCUT2D eigenvalue weighted by Gasteiger charge is -1.98. The molecule has 1 aromatic heterocycles. The average Bonchev–Trinajstić information content (AvgIpc) is 2.93. The van der Waals surface area contributed by atoms with Crippen molar-refractivity contribution in [2.75, 3.05) is 0 Å². The molecule has 1 amide bonds. The molecule has 116 valence electrons. The van der Waals surface area contributed by atoms with Crippen LogP contribution in [0, 0.1) is 0 Å². The van der Waals surface area contributed by atoms with Crippen LogP contribution in [0.4, 0.5) is 0 Å². The molecule has 1 N–H and O–H groups in total. The van der Waals surface area contributed by atoms with E-state index >= 15 is 0 Å². The zero-order chi connectivity index (χ0) is 16.2. The Morgan fingerprint density at radius 2 is 1.96 bits per heavy atom. The fourth-order valence-corrected chi connectivity index (χ4v) is 3.62. The van der Waals surface area contributed by atoms with E-state index in [0.717, 1.165) is 22.1 Å². The first-order chi connectivity index (χ1) is 11.2. The van der Waals surface area contributed by atoms with Crippen molar-refractivity contribution >= 4 is 45.1 Å². The molecule has 0 fully saturated rings. The quantitative estimate of drug-likeness (QED) is 0.532. The first-order valence-electron chi connectivity index (χ1n) is 7.28. The Hall–Kier alpha value is -2.17. The number of nitrogens with one attached hydrogen (secondary N) is 1. The summed E-state index contributed by atoms with van der Waals surface area (Å²) < 4.78 is 0.988. The van der Waals surface area contributed by atoms with Crippen LogP contribution in [-0.2, 0) is 6.42 Å². The van der Waals surface area contributed by atoms with Gasteiger partial charge >= 0.3 is 0 Å². The van der Waals surface area contributed by atoms with Crippen LogP contribution in [0.3, 0.4) is 0 Å². The number of hydrogen-bond donors (Lipinski definition) is 1. The minimum atomic E-state index is -0.294. The zero-order valence-electron chi connectivity index (χ0n) is 12.5. The lowest BCUT2D eigenvalue weighted by atomic mass is 10.1. The number of benzene rings is 2. The van der Waals surface area contributed by atoms with Gasteiger partial charge in [0.2, 0.25) is 0 Å². The predicted molar refractivity (Wildman–Crippen MR) is 97.7 cm³/mol. The molecule has 23 heavy (non-hydrogen) atoms. The summed E-state index contributed by atoms with van der Waals surface area (Å²) in [6.07, 6.45) is 2.62. The number of halogens is 1. The van der Waals surface area contributed by atoms with Crippen molar-refractivity contribution < 1.29 is 4.79 Å². The van der Waals surface area contributed by atoms with Crippen LogP contribution in [0.2, 0.25) is 5.02 Å². The maximum absolute atomic E-state index is 12.2.